The fourth-order valence-corrected chi connectivity index (χ4v) is 2.80. The molecule has 0 aromatic heterocycles. The molecule has 2 rings (SSSR count). The average molecular weight is 417 g/mol. The molecule has 2 amide bonds. The Bertz CT molecular complexity index is 817. The smallest absolute Gasteiger partial charge is 0.250 e. The van der Waals surface area contributed by atoms with E-state index in [4.69, 9.17) is 12.2 Å². The van der Waals surface area contributed by atoms with Crippen LogP contribution in [0, 0.1) is 5.92 Å². The van der Waals surface area contributed by atoms with Crippen LogP contribution in [0.3, 0.4) is 0 Å². The van der Waals surface area contributed by atoms with Gasteiger partial charge >= 0.3 is 0 Å². The lowest BCUT2D eigenvalue weighted by molar-refractivity contribution is -0.138. The molecule has 28 heavy (non-hydrogen) atoms. The SMILES string of the molecule is CC(C(=O)NN(C)C(=S)c1ccccc1)C(=O)NN(C)C(S)c1ccccc1. The van der Waals surface area contributed by atoms with Gasteiger partial charge in [0.2, 0.25) is 5.91 Å². The summed E-state index contributed by atoms with van der Waals surface area (Å²) in [7, 11) is 3.34. The number of hydrazine groups is 2. The summed E-state index contributed by atoms with van der Waals surface area (Å²) in [5.41, 5.74) is 7.08. The van der Waals surface area contributed by atoms with Crippen molar-refractivity contribution < 1.29 is 9.59 Å². The molecule has 0 bridgehead atoms. The monoisotopic (exact) mass is 416 g/mol. The predicted molar refractivity (Wildman–Crippen MR) is 117 cm³/mol. The Kier molecular flexibility index (Phi) is 7.98. The van der Waals surface area contributed by atoms with Gasteiger partial charge in [-0.25, -0.2) is 5.01 Å². The van der Waals surface area contributed by atoms with Crippen LogP contribution in [-0.4, -0.2) is 40.9 Å². The Morgan fingerprint density at radius 3 is 2.00 bits per heavy atom. The van der Waals surface area contributed by atoms with Crippen LogP contribution < -0.4 is 10.9 Å². The van der Waals surface area contributed by atoms with E-state index in [1.165, 1.54) is 11.9 Å². The second kappa shape index (κ2) is 10.2. The molecular formula is C20H24N4O2S2. The van der Waals surface area contributed by atoms with Gasteiger partial charge in [0.05, 0.1) is 5.37 Å². The zero-order valence-corrected chi connectivity index (χ0v) is 17.7. The molecule has 2 unspecified atom stereocenters. The fourth-order valence-electron chi connectivity index (χ4n) is 2.39. The summed E-state index contributed by atoms with van der Waals surface area (Å²) in [6, 6.07) is 18.9. The van der Waals surface area contributed by atoms with E-state index < -0.39 is 17.7 Å². The standard InChI is InChI=1S/C20H24N4O2S2/c1-14(17(25)21-23(2)19(27)15-10-6-4-7-11-15)18(26)22-24(3)20(28)16-12-8-5-9-13-16/h4-14,19,27H,1-3H3,(H,21,25)(H,22,26). The molecule has 0 saturated carbocycles. The average Bonchev–Trinajstić information content (AvgIpc) is 2.72. The van der Waals surface area contributed by atoms with E-state index in [2.05, 4.69) is 23.5 Å². The molecular weight excluding hydrogens is 392 g/mol. The van der Waals surface area contributed by atoms with E-state index >= 15 is 0 Å². The lowest BCUT2D eigenvalue weighted by Gasteiger charge is -2.27. The number of benzene rings is 2. The lowest BCUT2D eigenvalue weighted by Crippen LogP contribution is -2.50. The van der Waals surface area contributed by atoms with Crippen molar-refractivity contribution in [1.29, 1.82) is 0 Å². The predicted octanol–water partition coefficient (Wildman–Crippen LogP) is 2.55. The number of hydrogen-bond acceptors (Lipinski definition) is 5. The van der Waals surface area contributed by atoms with Crippen molar-refractivity contribution in [3.8, 4) is 0 Å². The molecule has 148 valence electrons. The van der Waals surface area contributed by atoms with E-state index in [0.717, 1.165) is 11.1 Å². The third kappa shape index (κ3) is 5.79. The van der Waals surface area contributed by atoms with Crippen molar-refractivity contribution in [1.82, 2.24) is 20.9 Å². The first-order valence-corrected chi connectivity index (χ1v) is 9.63. The van der Waals surface area contributed by atoms with Gasteiger partial charge in [-0.05, 0) is 12.5 Å². The van der Waals surface area contributed by atoms with Crippen LogP contribution >= 0.6 is 24.8 Å². The summed E-state index contributed by atoms with van der Waals surface area (Å²) in [4.78, 5) is 25.4. The number of carbonyl (C=O) groups excluding carboxylic acids is 2. The Balaban J connectivity index is 1.91. The second-order valence-electron chi connectivity index (χ2n) is 6.30. The number of hydrogen-bond donors (Lipinski definition) is 3. The number of nitrogens with one attached hydrogen (secondary N) is 2. The first kappa shape index (κ1) is 21.9. The maximum atomic E-state index is 12.5. The minimum absolute atomic E-state index is 0.339. The zero-order chi connectivity index (χ0) is 20.7. The van der Waals surface area contributed by atoms with E-state index in [0.29, 0.717) is 4.99 Å². The second-order valence-corrected chi connectivity index (χ2v) is 7.18. The minimum atomic E-state index is -0.917. The van der Waals surface area contributed by atoms with Crippen molar-refractivity contribution >= 4 is 41.6 Å². The third-order valence-electron chi connectivity index (χ3n) is 4.14. The Morgan fingerprint density at radius 2 is 1.43 bits per heavy atom. The molecule has 0 heterocycles. The van der Waals surface area contributed by atoms with Crippen molar-refractivity contribution in [2.24, 2.45) is 5.92 Å². The number of thiol groups is 1. The first-order chi connectivity index (χ1) is 13.3. The normalized spacial score (nSPS) is 12.8. The van der Waals surface area contributed by atoms with E-state index in [1.54, 1.807) is 19.1 Å². The van der Waals surface area contributed by atoms with Gasteiger partial charge in [0.25, 0.3) is 5.91 Å². The zero-order valence-electron chi connectivity index (χ0n) is 16.0. The number of carbonyl (C=O) groups is 2. The molecule has 0 aliphatic rings. The maximum absolute atomic E-state index is 12.5. The molecule has 2 aromatic carbocycles. The topological polar surface area (TPSA) is 64.7 Å². The van der Waals surface area contributed by atoms with Gasteiger partial charge in [0.15, 0.2) is 0 Å². The quantitative estimate of drug-likeness (QED) is 0.222. The Labute approximate surface area is 176 Å². The highest BCUT2D eigenvalue weighted by Gasteiger charge is 2.25. The summed E-state index contributed by atoms with van der Waals surface area (Å²) >= 11 is 9.88. The van der Waals surface area contributed by atoms with E-state index in [-0.39, 0.29) is 5.37 Å². The minimum Gasteiger partial charge on any atom is -0.287 e. The van der Waals surface area contributed by atoms with Crippen molar-refractivity contribution in [3.63, 3.8) is 0 Å². The van der Waals surface area contributed by atoms with E-state index in [1.807, 2.05) is 60.7 Å². The molecule has 0 aliphatic carbocycles. The Hall–Kier alpha value is -2.42. The maximum Gasteiger partial charge on any atom is 0.250 e. The van der Waals surface area contributed by atoms with Crippen LogP contribution in [0.15, 0.2) is 60.7 Å². The highest BCUT2D eigenvalue weighted by atomic mass is 32.1. The van der Waals surface area contributed by atoms with Crippen LogP contribution in [0.4, 0.5) is 0 Å². The van der Waals surface area contributed by atoms with Crippen molar-refractivity contribution in [2.45, 2.75) is 12.3 Å². The summed E-state index contributed by atoms with van der Waals surface area (Å²) in [6.07, 6.45) is 0. The molecule has 8 heteroatoms. The molecule has 0 radical (unpaired) electrons. The van der Waals surface area contributed by atoms with Gasteiger partial charge in [-0.2, -0.15) is 12.6 Å². The van der Waals surface area contributed by atoms with Gasteiger partial charge in [-0.15, -0.1) is 0 Å². The van der Waals surface area contributed by atoms with Gasteiger partial charge in [0, 0.05) is 19.7 Å². The van der Waals surface area contributed by atoms with Gasteiger partial charge in [0.1, 0.15) is 10.9 Å². The van der Waals surface area contributed by atoms with Gasteiger partial charge < -0.3 is 0 Å². The van der Waals surface area contributed by atoms with Crippen LogP contribution in [0.5, 0.6) is 0 Å². The molecule has 0 fully saturated rings. The molecule has 0 saturated heterocycles. The number of rotatable bonds is 6. The van der Waals surface area contributed by atoms with Crippen LogP contribution in [0.1, 0.15) is 23.4 Å². The third-order valence-corrected chi connectivity index (χ3v) is 5.30. The van der Waals surface area contributed by atoms with Crippen LogP contribution in [0.25, 0.3) is 0 Å². The summed E-state index contributed by atoms with van der Waals surface area (Å²) < 4.78 is 0. The summed E-state index contributed by atoms with van der Waals surface area (Å²) in [6.45, 7) is 1.54. The number of amides is 2. The molecule has 0 spiro atoms. The van der Waals surface area contributed by atoms with Crippen molar-refractivity contribution in [3.05, 3.63) is 71.8 Å². The van der Waals surface area contributed by atoms with Gasteiger partial charge in [-0.3, -0.25) is 25.4 Å². The van der Waals surface area contributed by atoms with E-state index in [9.17, 15) is 9.59 Å². The Morgan fingerprint density at radius 1 is 0.929 bits per heavy atom. The molecule has 2 atom stereocenters. The largest absolute Gasteiger partial charge is 0.287 e. The highest BCUT2D eigenvalue weighted by molar-refractivity contribution is 7.80. The summed E-state index contributed by atoms with van der Waals surface area (Å²) in [5.74, 6) is -1.81. The van der Waals surface area contributed by atoms with Crippen LogP contribution in [-0.2, 0) is 9.59 Å². The highest BCUT2D eigenvalue weighted by Crippen LogP contribution is 2.21. The van der Waals surface area contributed by atoms with Crippen LogP contribution in [0.2, 0.25) is 0 Å². The van der Waals surface area contributed by atoms with Gasteiger partial charge in [-0.1, -0.05) is 72.9 Å². The first-order valence-electron chi connectivity index (χ1n) is 8.71. The fraction of sp³-hybridized carbons (Fsp3) is 0.250. The number of thiocarbonyl (C=S) groups is 1. The molecule has 2 N–H and O–H groups in total. The number of nitrogens with zero attached hydrogens (tertiary/aromatic N) is 2. The summed E-state index contributed by atoms with van der Waals surface area (Å²) in [5, 5.41) is 2.66. The molecule has 2 aromatic rings. The van der Waals surface area contributed by atoms with Crippen molar-refractivity contribution in [2.75, 3.05) is 14.1 Å². The molecule has 0 aliphatic heterocycles. The lowest BCUT2D eigenvalue weighted by atomic mass is 10.1. The molecule has 6 nitrogen and oxygen atoms in total.